The molecule has 0 radical (unpaired) electrons. The van der Waals surface area contributed by atoms with Gasteiger partial charge in [-0.1, -0.05) is 22.9 Å². The van der Waals surface area contributed by atoms with Crippen molar-refractivity contribution >= 4 is 44.9 Å². The van der Waals surface area contributed by atoms with E-state index in [1.165, 1.54) is 37.8 Å². The molecule has 3 heterocycles. The third kappa shape index (κ3) is 3.21. The van der Waals surface area contributed by atoms with Gasteiger partial charge in [0, 0.05) is 5.02 Å². The van der Waals surface area contributed by atoms with Crippen molar-refractivity contribution in [2.24, 2.45) is 0 Å². The van der Waals surface area contributed by atoms with Crippen LogP contribution in [0.3, 0.4) is 0 Å². The Kier molecular flexibility index (Phi) is 5.18. The van der Waals surface area contributed by atoms with Crippen LogP contribution in [0.4, 0.5) is 5.13 Å². The molecule has 1 aliphatic rings. The van der Waals surface area contributed by atoms with Crippen molar-refractivity contribution in [3.8, 4) is 17.2 Å². The molecule has 0 N–H and O–H groups in total. The summed E-state index contributed by atoms with van der Waals surface area (Å²) in [6.45, 7) is 0. The summed E-state index contributed by atoms with van der Waals surface area (Å²) in [5, 5.41) is 8.88. The van der Waals surface area contributed by atoms with Gasteiger partial charge in [-0.15, -0.1) is 10.2 Å². The summed E-state index contributed by atoms with van der Waals surface area (Å²) < 4.78 is 22.3. The van der Waals surface area contributed by atoms with Gasteiger partial charge in [0.05, 0.1) is 38.3 Å². The number of ether oxygens (including phenoxy) is 3. The van der Waals surface area contributed by atoms with Gasteiger partial charge >= 0.3 is 0 Å². The zero-order valence-corrected chi connectivity index (χ0v) is 19.2. The quantitative estimate of drug-likeness (QED) is 0.416. The Morgan fingerprint density at radius 3 is 2.39 bits per heavy atom. The minimum Gasteiger partial charge on any atom is -0.493 e. The van der Waals surface area contributed by atoms with Gasteiger partial charge in [-0.3, -0.25) is 14.5 Å². The zero-order valence-electron chi connectivity index (χ0n) is 17.6. The lowest BCUT2D eigenvalue weighted by molar-refractivity contribution is 0.0970. The molecule has 0 saturated carbocycles. The van der Waals surface area contributed by atoms with E-state index in [-0.39, 0.29) is 27.7 Å². The summed E-state index contributed by atoms with van der Waals surface area (Å²) in [6.07, 6.45) is 0. The maximum Gasteiger partial charge on any atom is 0.297 e. The van der Waals surface area contributed by atoms with Crippen LogP contribution in [0.2, 0.25) is 5.02 Å². The van der Waals surface area contributed by atoms with Crippen molar-refractivity contribution in [1.29, 1.82) is 0 Å². The van der Waals surface area contributed by atoms with Crippen LogP contribution in [-0.4, -0.2) is 37.4 Å². The van der Waals surface area contributed by atoms with Crippen LogP contribution in [0.1, 0.15) is 27.7 Å². The van der Waals surface area contributed by atoms with Crippen LogP contribution in [0.15, 0.2) is 45.1 Å². The van der Waals surface area contributed by atoms with E-state index in [2.05, 4.69) is 10.2 Å². The van der Waals surface area contributed by atoms with E-state index in [1.54, 1.807) is 24.3 Å². The molecule has 1 atom stereocenters. The van der Waals surface area contributed by atoms with Crippen LogP contribution < -0.4 is 24.5 Å². The molecular weight excluding hydrogens is 470 g/mol. The highest BCUT2D eigenvalue weighted by molar-refractivity contribution is 7.13. The van der Waals surface area contributed by atoms with Gasteiger partial charge in [0.25, 0.3) is 5.91 Å². The number of methoxy groups -OCH3 is 3. The third-order valence-electron chi connectivity index (χ3n) is 5.39. The van der Waals surface area contributed by atoms with Crippen LogP contribution in [-0.2, 0) is 0 Å². The van der Waals surface area contributed by atoms with E-state index in [0.717, 1.165) is 11.3 Å². The van der Waals surface area contributed by atoms with Gasteiger partial charge in [-0.2, -0.15) is 0 Å². The van der Waals surface area contributed by atoms with Crippen LogP contribution >= 0.6 is 22.9 Å². The van der Waals surface area contributed by atoms with Crippen molar-refractivity contribution < 1.29 is 23.4 Å². The number of anilines is 1. The van der Waals surface area contributed by atoms with Crippen molar-refractivity contribution in [3.63, 3.8) is 0 Å². The average molecular weight is 486 g/mol. The van der Waals surface area contributed by atoms with Crippen LogP contribution in [0.5, 0.6) is 17.2 Å². The van der Waals surface area contributed by atoms with Crippen molar-refractivity contribution in [2.75, 3.05) is 26.2 Å². The standard InChI is InChI=1S/C22H16ClN3O6S/c1-29-14-6-10(7-15(30-2)19(14)31-3)17-16-18(27)12-8-11(23)4-5-13(12)32-20(16)21(28)26(17)22-25-24-9-33-22/h4-9,17H,1-3H3. The van der Waals surface area contributed by atoms with E-state index in [1.807, 2.05) is 0 Å². The number of hydrogen-bond acceptors (Lipinski definition) is 9. The minimum atomic E-state index is -0.867. The van der Waals surface area contributed by atoms with Gasteiger partial charge in [0.1, 0.15) is 11.1 Å². The lowest BCUT2D eigenvalue weighted by atomic mass is 9.98. The first-order valence-electron chi connectivity index (χ1n) is 9.64. The Bertz CT molecular complexity index is 1430. The predicted molar refractivity (Wildman–Crippen MR) is 122 cm³/mol. The number of nitrogens with zero attached hydrogens (tertiary/aromatic N) is 3. The van der Waals surface area contributed by atoms with Gasteiger partial charge < -0.3 is 18.6 Å². The number of aromatic nitrogens is 2. The molecule has 168 valence electrons. The first-order valence-corrected chi connectivity index (χ1v) is 10.9. The minimum absolute atomic E-state index is 0.0659. The molecule has 0 bridgehead atoms. The Hall–Kier alpha value is -3.63. The van der Waals surface area contributed by atoms with E-state index < -0.39 is 11.9 Å². The molecule has 4 aromatic rings. The van der Waals surface area contributed by atoms with Gasteiger partial charge in [-0.05, 0) is 35.9 Å². The molecule has 0 fully saturated rings. The Morgan fingerprint density at radius 2 is 1.79 bits per heavy atom. The second kappa shape index (κ2) is 8.05. The van der Waals surface area contributed by atoms with Crippen LogP contribution in [0.25, 0.3) is 11.0 Å². The van der Waals surface area contributed by atoms with E-state index in [0.29, 0.717) is 33.0 Å². The molecule has 1 amide bonds. The summed E-state index contributed by atoms with van der Waals surface area (Å²) in [6, 6.07) is 7.18. The Balaban J connectivity index is 1.84. The highest BCUT2D eigenvalue weighted by Crippen LogP contribution is 2.46. The monoisotopic (exact) mass is 485 g/mol. The molecule has 0 aliphatic carbocycles. The van der Waals surface area contributed by atoms with Crippen molar-refractivity contribution in [3.05, 3.63) is 68.0 Å². The molecule has 2 aromatic heterocycles. The summed E-state index contributed by atoms with van der Waals surface area (Å²) in [7, 11) is 4.47. The molecule has 0 saturated heterocycles. The highest BCUT2D eigenvalue weighted by Gasteiger charge is 2.45. The average Bonchev–Trinajstić information content (AvgIpc) is 3.45. The van der Waals surface area contributed by atoms with Gasteiger partial charge in [0.15, 0.2) is 16.9 Å². The Labute approximate surface area is 196 Å². The fraction of sp³-hybridized carbons (Fsp3) is 0.182. The second-order valence-electron chi connectivity index (χ2n) is 7.07. The summed E-state index contributed by atoms with van der Waals surface area (Å²) in [5.41, 5.74) is 2.11. The zero-order chi connectivity index (χ0) is 23.3. The molecule has 1 aliphatic heterocycles. The lowest BCUT2D eigenvalue weighted by Crippen LogP contribution is -2.29. The number of benzene rings is 2. The van der Waals surface area contributed by atoms with Gasteiger partial charge in [0.2, 0.25) is 16.6 Å². The van der Waals surface area contributed by atoms with Crippen molar-refractivity contribution in [2.45, 2.75) is 6.04 Å². The number of halogens is 1. The molecule has 2 aromatic carbocycles. The predicted octanol–water partition coefficient (Wildman–Crippen LogP) is 4.07. The normalized spacial score (nSPS) is 15.1. The Morgan fingerprint density at radius 1 is 1.06 bits per heavy atom. The molecule has 5 rings (SSSR count). The third-order valence-corrected chi connectivity index (χ3v) is 6.31. The highest BCUT2D eigenvalue weighted by atomic mass is 35.5. The molecule has 9 nitrogen and oxygen atoms in total. The van der Waals surface area contributed by atoms with Gasteiger partial charge in [-0.25, -0.2) is 0 Å². The largest absolute Gasteiger partial charge is 0.493 e. The number of carbonyl (C=O) groups is 1. The fourth-order valence-electron chi connectivity index (χ4n) is 3.99. The fourth-order valence-corrected chi connectivity index (χ4v) is 4.75. The number of carbonyl (C=O) groups excluding carboxylic acids is 1. The molecule has 33 heavy (non-hydrogen) atoms. The summed E-state index contributed by atoms with van der Waals surface area (Å²) in [4.78, 5) is 28.5. The van der Waals surface area contributed by atoms with Crippen LogP contribution in [0, 0.1) is 0 Å². The van der Waals surface area contributed by atoms with Crippen molar-refractivity contribution in [1.82, 2.24) is 10.2 Å². The lowest BCUT2D eigenvalue weighted by Gasteiger charge is -2.23. The smallest absolute Gasteiger partial charge is 0.297 e. The number of amides is 1. The second-order valence-corrected chi connectivity index (χ2v) is 8.32. The number of rotatable bonds is 5. The van der Waals surface area contributed by atoms with E-state index in [9.17, 15) is 9.59 Å². The summed E-state index contributed by atoms with van der Waals surface area (Å²) >= 11 is 7.29. The van der Waals surface area contributed by atoms with E-state index >= 15 is 0 Å². The maximum absolute atomic E-state index is 13.6. The maximum atomic E-state index is 13.6. The topological polar surface area (TPSA) is 104 Å². The van der Waals surface area contributed by atoms with E-state index in [4.69, 9.17) is 30.2 Å². The number of hydrogen-bond donors (Lipinski definition) is 0. The first kappa shape index (κ1) is 21.2. The molecular formula is C22H16ClN3O6S. The molecule has 1 unspecified atom stereocenters. The first-order chi connectivity index (χ1) is 16.0. The molecule has 11 heteroatoms. The molecule has 0 spiro atoms. The SMILES string of the molecule is COc1cc(C2c3c(oc4ccc(Cl)cc4c3=O)C(=O)N2c2nncs2)cc(OC)c1OC. The summed E-state index contributed by atoms with van der Waals surface area (Å²) in [5.74, 6) is 0.558. The number of fused-ring (bicyclic) bond motifs is 2.